The second-order valence-electron chi connectivity index (χ2n) is 4.26. The van der Waals surface area contributed by atoms with E-state index in [4.69, 9.17) is 22.1 Å². The zero-order valence-corrected chi connectivity index (χ0v) is 9.90. The fraction of sp³-hybridized carbons (Fsp3) is 0.500. The molecule has 2 nitrogen and oxygen atoms in total. The third-order valence-corrected chi connectivity index (χ3v) is 3.73. The van der Waals surface area contributed by atoms with Gasteiger partial charge in [-0.1, -0.05) is 11.6 Å². The van der Waals surface area contributed by atoms with Crippen LogP contribution in [0.15, 0.2) is 12.1 Å². The smallest absolute Gasteiger partial charge is 0.124 e. The summed E-state index contributed by atoms with van der Waals surface area (Å²) in [6.07, 6.45) is 3.22. The van der Waals surface area contributed by atoms with E-state index >= 15 is 0 Å². The van der Waals surface area contributed by atoms with Gasteiger partial charge >= 0.3 is 0 Å². The topological polar surface area (TPSA) is 35.2 Å². The van der Waals surface area contributed by atoms with Crippen LogP contribution < -0.4 is 10.5 Å². The highest BCUT2D eigenvalue weighted by Crippen LogP contribution is 2.45. The summed E-state index contributed by atoms with van der Waals surface area (Å²) in [5.41, 5.74) is 8.25. The fourth-order valence-electron chi connectivity index (χ4n) is 2.26. The zero-order valence-electron chi connectivity index (χ0n) is 9.14. The molecule has 0 atom stereocenters. The monoisotopic (exact) mass is 225 g/mol. The first kappa shape index (κ1) is 10.8. The summed E-state index contributed by atoms with van der Waals surface area (Å²) in [4.78, 5) is 0. The van der Waals surface area contributed by atoms with Gasteiger partial charge in [-0.15, -0.1) is 0 Å². The lowest BCUT2D eigenvalue weighted by Gasteiger charge is -2.40. The number of rotatable bonds is 2. The van der Waals surface area contributed by atoms with Crippen molar-refractivity contribution >= 4 is 11.6 Å². The van der Waals surface area contributed by atoms with Gasteiger partial charge in [0.1, 0.15) is 5.75 Å². The average molecular weight is 226 g/mol. The van der Waals surface area contributed by atoms with Gasteiger partial charge in [-0.25, -0.2) is 0 Å². The van der Waals surface area contributed by atoms with Crippen LogP contribution in [0.1, 0.15) is 30.4 Å². The zero-order chi connectivity index (χ0) is 11.1. The molecule has 1 aromatic carbocycles. The minimum Gasteiger partial charge on any atom is -0.496 e. The van der Waals surface area contributed by atoms with E-state index < -0.39 is 0 Å². The molecule has 0 aromatic heterocycles. The van der Waals surface area contributed by atoms with Crippen LogP contribution >= 0.6 is 11.6 Å². The molecular formula is C12H16ClNO. The second-order valence-corrected chi connectivity index (χ2v) is 4.67. The molecule has 82 valence electrons. The van der Waals surface area contributed by atoms with Crippen LogP contribution in [0, 0.1) is 6.92 Å². The lowest BCUT2D eigenvalue weighted by atomic mass is 9.71. The van der Waals surface area contributed by atoms with Crippen molar-refractivity contribution in [2.24, 2.45) is 5.73 Å². The molecular weight excluding hydrogens is 210 g/mol. The van der Waals surface area contributed by atoms with Gasteiger partial charge in [-0.2, -0.15) is 0 Å². The SMILES string of the molecule is COc1ccc(Cl)c(C)c1C1(N)CCC1. The highest BCUT2D eigenvalue weighted by Gasteiger charge is 2.38. The minimum absolute atomic E-state index is 0.222. The molecule has 0 unspecified atom stereocenters. The Labute approximate surface area is 95.4 Å². The van der Waals surface area contributed by atoms with Crippen molar-refractivity contribution in [3.8, 4) is 5.75 Å². The van der Waals surface area contributed by atoms with Crippen molar-refractivity contribution in [2.45, 2.75) is 31.7 Å². The maximum Gasteiger partial charge on any atom is 0.124 e. The molecule has 0 saturated heterocycles. The normalized spacial score (nSPS) is 18.4. The van der Waals surface area contributed by atoms with Crippen LogP contribution in [0.2, 0.25) is 5.02 Å². The molecule has 2 N–H and O–H groups in total. The molecule has 1 saturated carbocycles. The Morgan fingerprint density at radius 3 is 2.53 bits per heavy atom. The summed E-state index contributed by atoms with van der Waals surface area (Å²) in [7, 11) is 1.67. The second kappa shape index (κ2) is 3.69. The first-order chi connectivity index (χ1) is 7.08. The molecule has 1 aromatic rings. The van der Waals surface area contributed by atoms with E-state index in [1.807, 2.05) is 19.1 Å². The number of nitrogens with two attached hydrogens (primary N) is 1. The Kier molecular flexibility index (Phi) is 2.65. The summed E-state index contributed by atoms with van der Waals surface area (Å²) in [5, 5.41) is 0.766. The maximum absolute atomic E-state index is 6.33. The number of hydrogen-bond donors (Lipinski definition) is 1. The highest BCUT2D eigenvalue weighted by molar-refractivity contribution is 6.31. The van der Waals surface area contributed by atoms with E-state index in [0.717, 1.165) is 34.7 Å². The van der Waals surface area contributed by atoms with Crippen LogP contribution in [-0.2, 0) is 5.54 Å². The maximum atomic E-state index is 6.33. The van der Waals surface area contributed by atoms with Gasteiger partial charge in [0.15, 0.2) is 0 Å². The van der Waals surface area contributed by atoms with E-state index in [-0.39, 0.29) is 5.54 Å². The summed E-state index contributed by atoms with van der Waals surface area (Å²) >= 11 is 6.12. The summed E-state index contributed by atoms with van der Waals surface area (Å²) in [6, 6.07) is 3.76. The Morgan fingerprint density at radius 1 is 1.40 bits per heavy atom. The number of benzene rings is 1. The van der Waals surface area contributed by atoms with Gasteiger partial charge in [0, 0.05) is 16.1 Å². The van der Waals surface area contributed by atoms with Gasteiger partial charge in [-0.3, -0.25) is 0 Å². The third kappa shape index (κ3) is 1.62. The fourth-order valence-corrected chi connectivity index (χ4v) is 2.42. The van der Waals surface area contributed by atoms with Gasteiger partial charge in [-0.05, 0) is 43.9 Å². The number of halogens is 1. The Morgan fingerprint density at radius 2 is 2.07 bits per heavy atom. The average Bonchev–Trinajstić information content (AvgIpc) is 2.18. The molecule has 0 bridgehead atoms. The van der Waals surface area contributed by atoms with E-state index in [9.17, 15) is 0 Å². The van der Waals surface area contributed by atoms with Gasteiger partial charge in [0.2, 0.25) is 0 Å². The molecule has 2 rings (SSSR count). The van der Waals surface area contributed by atoms with Crippen LogP contribution in [0.3, 0.4) is 0 Å². The van der Waals surface area contributed by atoms with Crippen molar-refractivity contribution in [3.63, 3.8) is 0 Å². The lowest BCUT2D eigenvalue weighted by molar-refractivity contribution is 0.242. The van der Waals surface area contributed by atoms with E-state index in [2.05, 4.69) is 0 Å². The Balaban J connectivity index is 2.56. The summed E-state index contributed by atoms with van der Waals surface area (Å²) < 4.78 is 5.36. The quantitative estimate of drug-likeness (QED) is 0.840. The first-order valence-electron chi connectivity index (χ1n) is 5.21. The van der Waals surface area contributed by atoms with E-state index in [0.29, 0.717) is 0 Å². The van der Waals surface area contributed by atoms with Crippen molar-refractivity contribution in [1.29, 1.82) is 0 Å². The minimum atomic E-state index is -0.222. The predicted octanol–water partition coefficient (Wildman–Crippen LogP) is 2.99. The molecule has 3 heteroatoms. The Bertz CT molecular complexity index is 385. The molecule has 1 fully saturated rings. The van der Waals surface area contributed by atoms with Crippen LogP contribution in [-0.4, -0.2) is 7.11 Å². The Hall–Kier alpha value is -0.730. The molecule has 1 aliphatic rings. The van der Waals surface area contributed by atoms with Gasteiger partial charge < -0.3 is 10.5 Å². The van der Waals surface area contributed by atoms with Crippen molar-refractivity contribution in [3.05, 3.63) is 28.3 Å². The number of methoxy groups -OCH3 is 1. The molecule has 15 heavy (non-hydrogen) atoms. The van der Waals surface area contributed by atoms with E-state index in [1.165, 1.54) is 6.42 Å². The lowest BCUT2D eigenvalue weighted by Crippen LogP contribution is -2.44. The van der Waals surface area contributed by atoms with Gasteiger partial charge in [0.05, 0.1) is 7.11 Å². The van der Waals surface area contributed by atoms with Crippen LogP contribution in [0.25, 0.3) is 0 Å². The van der Waals surface area contributed by atoms with Crippen LogP contribution in [0.4, 0.5) is 0 Å². The van der Waals surface area contributed by atoms with Crippen LogP contribution in [0.5, 0.6) is 5.75 Å². The third-order valence-electron chi connectivity index (χ3n) is 3.32. The predicted molar refractivity (Wildman–Crippen MR) is 62.5 cm³/mol. The molecule has 0 spiro atoms. The number of hydrogen-bond acceptors (Lipinski definition) is 2. The van der Waals surface area contributed by atoms with Crippen molar-refractivity contribution < 1.29 is 4.74 Å². The van der Waals surface area contributed by atoms with Crippen molar-refractivity contribution in [2.75, 3.05) is 7.11 Å². The van der Waals surface area contributed by atoms with E-state index in [1.54, 1.807) is 7.11 Å². The summed E-state index contributed by atoms with van der Waals surface area (Å²) in [6.45, 7) is 2.01. The standard InChI is InChI=1S/C12H16ClNO/c1-8-9(13)4-5-10(15-2)11(8)12(14)6-3-7-12/h4-5H,3,6-7,14H2,1-2H3. The molecule has 0 radical (unpaired) electrons. The van der Waals surface area contributed by atoms with Crippen molar-refractivity contribution in [1.82, 2.24) is 0 Å². The largest absolute Gasteiger partial charge is 0.496 e. The summed E-state index contributed by atoms with van der Waals surface area (Å²) in [5.74, 6) is 0.860. The molecule has 0 amide bonds. The molecule has 0 aliphatic heterocycles. The van der Waals surface area contributed by atoms with Gasteiger partial charge in [0.25, 0.3) is 0 Å². The molecule has 1 aliphatic carbocycles. The number of ether oxygens (including phenoxy) is 1. The highest BCUT2D eigenvalue weighted by atomic mass is 35.5. The first-order valence-corrected chi connectivity index (χ1v) is 5.59. The molecule has 0 heterocycles.